The van der Waals surface area contributed by atoms with Crippen LogP contribution in [0.5, 0.6) is 0 Å². The first-order valence-corrected chi connectivity index (χ1v) is 7.33. The van der Waals surface area contributed by atoms with Crippen LogP contribution in [0.4, 0.5) is 4.79 Å². The molecule has 1 unspecified atom stereocenters. The van der Waals surface area contributed by atoms with Gasteiger partial charge in [0.1, 0.15) is 0 Å². The van der Waals surface area contributed by atoms with Gasteiger partial charge in [-0.25, -0.2) is 4.79 Å². The van der Waals surface area contributed by atoms with E-state index in [-0.39, 0.29) is 17.9 Å². The molecule has 0 aromatic rings. The van der Waals surface area contributed by atoms with E-state index >= 15 is 0 Å². The number of piperidine rings is 1. The van der Waals surface area contributed by atoms with E-state index in [1.54, 1.807) is 28.8 Å². The number of likely N-dealkylation sites (tertiary alicyclic amines) is 2. The van der Waals surface area contributed by atoms with E-state index in [0.717, 1.165) is 19.4 Å². The molecule has 114 valence electrons. The van der Waals surface area contributed by atoms with Crippen molar-refractivity contribution in [3.63, 3.8) is 0 Å². The molecule has 2 aliphatic heterocycles. The molecule has 0 aliphatic carbocycles. The van der Waals surface area contributed by atoms with E-state index in [2.05, 4.69) is 0 Å². The molecule has 1 atom stereocenters. The Kier molecular flexibility index (Phi) is 4.22. The van der Waals surface area contributed by atoms with Crippen LogP contribution in [0.3, 0.4) is 0 Å². The highest BCUT2D eigenvalue weighted by molar-refractivity contribution is 5.81. The number of aliphatic hydroxyl groups is 1. The SMILES string of the molecule is CCC1(O)CN(C(=O)C2CCCN(C(=O)N(C)C)C2)C1. The van der Waals surface area contributed by atoms with Gasteiger partial charge in [-0.15, -0.1) is 0 Å². The number of urea groups is 1. The summed E-state index contributed by atoms with van der Waals surface area (Å²) in [6.45, 7) is 4.01. The molecule has 2 aliphatic rings. The van der Waals surface area contributed by atoms with Crippen molar-refractivity contribution < 1.29 is 14.7 Å². The molecule has 2 fully saturated rings. The van der Waals surface area contributed by atoms with Gasteiger partial charge in [0.15, 0.2) is 0 Å². The Balaban J connectivity index is 1.90. The lowest BCUT2D eigenvalue weighted by Gasteiger charge is -2.48. The number of β-amino-alcohol motifs (C(OH)–C–C–N with tert-alkyl or cyclic N) is 1. The third-order valence-electron chi connectivity index (χ3n) is 4.36. The van der Waals surface area contributed by atoms with Crippen molar-refractivity contribution in [1.82, 2.24) is 14.7 Å². The Hall–Kier alpha value is -1.30. The molecule has 3 amide bonds. The van der Waals surface area contributed by atoms with Gasteiger partial charge in [-0.2, -0.15) is 0 Å². The molecule has 2 saturated heterocycles. The first kappa shape index (κ1) is 15.1. The van der Waals surface area contributed by atoms with Crippen LogP contribution in [0.25, 0.3) is 0 Å². The van der Waals surface area contributed by atoms with Crippen molar-refractivity contribution in [3.8, 4) is 0 Å². The van der Waals surface area contributed by atoms with Gasteiger partial charge in [-0.05, 0) is 19.3 Å². The maximum Gasteiger partial charge on any atom is 0.319 e. The lowest BCUT2D eigenvalue weighted by atomic mass is 9.88. The Morgan fingerprint density at radius 3 is 2.50 bits per heavy atom. The summed E-state index contributed by atoms with van der Waals surface area (Å²) < 4.78 is 0. The summed E-state index contributed by atoms with van der Waals surface area (Å²) in [5.41, 5.74) is -0.691. The Labute approximate surface area is 120 Å². The van der Waals surface area contributed by atoms with E-state index in [0.29, 0.717) is 26.1 Å². The Bertz CT molecular complexity index is 391. The number of carbonyl (C=O) groups is 2. The lowest BCUT2D eigenvalue weighted by Crippen LogP contribution is -2.65. The Morgan fingerprint density at radius 1 is 1.30 bits per heavy atom. The molecule has 0 bridgehead atoms. The minimum absolute atomic E-state index is 0.0313. The van der Waals surface area contributed by atoms with Gasteiger partial charge in [0, 0.05) is 27.2 Å². The van der Waals surface area contributed by atoms with E-state index in [4.69, 9.17) is 0 Å². The van der Waals surface area contributed by atoms with Crippen LogP contribution in [0.15, 0.2) is 0 Å². The second kappa shape index (κ2) is 5.60. The number of hydrogen-bond donors (Lipinski definition) is 1. The van der Waals surface area contributed by atoms with Gasteiger partial charge in [0.05, 0.1) is 24.6 Å². The molecule has 0 saturated carbocycles. The first-order valence-electron chi connectivity index (χ1n) is 7.33. The molecule has 2 heterocycles. The zero-order valence-corrected chi connectivity index (χ0v) is 12.6. The number of hydrogen-bond acceptors (Lipinski definition) is 3. The fraction of sp³-hybridized carbons (Fsp3) is 0.857. The molecule has 20 heavy (non-hydrogen) atoms. The van der Waals surface area contributed by atoms with E-state index in [1.165, 1.54) is 0 Å². The second-order valence-corrected chi connectivity index (χ2v) is 6.23. The fourth-order valence-corrected chi connectivity index (χ4v) is 2.94. The smallest absolute Gasteiger partial charge is 0.319 e. The maximum absolute atomic E-state index is 12.4. The van der Waals surface area contributed by atoms with Crippen LogP contribution in [-0.2, 0) is 4.79 Å². The highest BCUT2D eigenvalue weighted by atomic mass is 16.3. The number of amides is 3. The molecular weight excluding hydrogens is 258 g/mol. The van der Waals surface area contributed by atoms with Crippen molar-refractivity contribution in [1.29, 1.82) is 0 Å². The van der Waals surface area contributed by atoms with Crippen molar-refractivity contribution in [3.05, 3.63) is 0 Å². The van der Waals surface area contributed by atoms with Gasteiger partial charge >= 0.3 is 6.03 Å². The molecule has 0 radical (unpaired) electrons. The predicted molar refractivity (Wildman–Crippen MR) is 75.2 cm³/mol. The highest BCUT2D eigenvalue weighted by Crippen LogP contribution is 2.28. The molecule has 2 rings (SSSR count). The fourth-order valence-electron chi connectivity index (χ4n) is 2.94. The third-order valence-corrected chi connectivity index (χ3v) is 4.36. The summed E-state index contributed by atoms with van der Waals surface area (Å²) in [6.07, 6.45) is 2.37. The van der Waals surface area contributed by atoms with E-state index in [1.807, 2.05) is 6.92 Å². The van der Waals surface area contributed by atoms with Crippen LogP contribution in [0.1, 0.15) is 26.2 Å². The molecule has 6 heteroatoms. The molecule has 0 aromatic carbocycles. The lowest BCUT2D eigenvalue weighted by molar-refractivity contribution is -0.161. The standard InChI is InChI=1S/C14H25N3O3/c1-4-14(20)9-17(10-14)12(18)11-6-5-7-16(8-11)13(19)15(2)3/h11,20H,4-10H2,1-3H3. The number of carbonyl (C=O) groups excluding carboxylic acids is 2. The first-order chi connectivity index (χ1) is 9.36. The van der Waals surface area contributed by atoms with Crippen LogP contribution in [0, 0.1) is 5.92 Å². The van der Waals surface area contributed by atoms with Crippen LogP contribution in [-0.4, -0.2) is 77.6 Å². The zero-order valence-electron chi connectivity index (χ0n) is 12.6. The third kappa shape index (κ3) is 2.90. The molecule has 1 N–H and O–H groups in total. The summed E-state index contributed by atoms with van der Waals surface area (Å²) in [5, 5.41) is 9.98. The summed E-state index contributed by atoms with van der Waals surface area (Å²) >= 11 is 0. The average molecular weight is 283 g/mol. The van der Waals surface area contributed by atoms with Gasteiger partial charge in [0.25, 0.3) is 0 Å². The van der Waals surface area contributed by atoms with Gasteiger partial charge < -0.3 is 19.8 Å². The number of nitrogens with zero attached hydrogens (tertiary/aromatic N) is 3. The minimum Gasteiger partial charge on any atom is -0.386 e. The molecule has 0 spiro atoms. The average Bonchev–Trinajstić information content (AvgIpc) is 2.42. The summed E-state index contributed by atoms with van der Waals surface area (Å²) in [4.78, 5) is 29.4. The predicted octanol–water partition coefficient (Wildman–Crippen LogP) is 0.363. The largest absolute Gasteiger partial charge is 0.386 e. The van der Waals surface area contributed by atoms with E-state index < -0.39 is 5.60 Å². The summed E-state index contributed by atoms with van der Waals surface area (Å²) in [5.74, 6) is -0.0339. The van der Waals surface area contributed by atoms with Crippen molar-refractivity contribution in [2.24, 2.45) is 5.92 Å². The summed E-state index contributed by atoms with van der Waals surface area (Å²) in [6, 6.07) is -0.0313. The van der Waals surface area contributed by atoms with Crippen LogP contribution in [0.2, 0.25) is 0 Å². The van der Waals surface area contributed by atoms with Crippen LogP contribution >= 0.6 is 0 Å². The maximum atomic E-state index is 12.4. The number of rotatable bonds is 2. The van der Waals surface area contributed by atoms with Gasteiger partial charge in [0.2, 0.25) is 5.91 Å². The molecule has 0 aromatic heterocycles. The van der Waals surface area contributed by atoms with Crippen molar-refractivity contribution in [2.75, 3.05) is 40.3 Å². The zero-order chi connectivity index (χ0) is 14.9. The van der Waals surface area contributed by atoms with Gasteiger partial charge in [-0.3, -0.25) is 4.79 Å². The quantitative estimate of drug-likeness (QED) is 0.796. The normalized spacial score (nSPS) is 25.1. The summed E-state index contributed by atoms with van der Waals surface area (Å²) in [7, 11) is 3.45. The van der Waals surface area contributed by atoms with Crippen LogP contribution < -0.4 is 0 Å². The second-order valence-electron chi connectivity index (χ2n) is 6.23. The minimum atomic E-state index is -0.691. The highest BCUT2D eigenvalue weighted by Gasteiger charge is 2.44. The Morgan fingerprint density at radius 2 is 1.95 bits per heavy atom. The topological polar surface area (TPSA) is 64.1 Å². The molecule has 6 nitrogen and oxygen atoms in total. The van der Waals surface area contributed by atoms with E-state index in [9.17, 15) is 14.7 Å². The van der Waals surface area contributed by atoms with Crippen molar-refractivity contribution >= 4 is 11.9 Å². The van der Waals surface area contributed by atoms with Crippen molar-refractivity contribution in [2.45, 2.75) is 31.8 Å². The molecular formula is C14H25N3O3. The van der Waals surface area contributed by atoms with Gasteiger partial charge in [-0.1, -0.05) is 6.92 Å². The monoisotopic (exact) mass is 283 g/mol.